The summed E-state index contributed by atoms with van der Waals surface area (Å²) in [6, 6.07) is 10.7. The van der Waals surface area contributed by atoms with E-state index in [-0.39, 0.29) is 12.3 Å². The molecule has 2 N–H and O–H groups in total. The molecular weight excluding hydrogens is 286 g/mol. The molecule has 7 heteroatoms. The zero-order chi connectivity index (χ0) is 15.1. The molecule has 0 fully saturated rings. The van der Waals surface area contributed by atoms with Gasteiger partial charge < -0.3 is 10.6 Å². The van der Waals surface area contributed by atoms with Crippen molar-refractivity contribution >= 4 is 35.0 Å². The van der Waals surface area contributed by atoms with Crippen LogP contribution in [0.4, 0.5) is 17.3 Å². The van der Waals surface area contributed by atoms with E-state index < -0.39 is 0 Å². The van der Waals surface area contributed by atoms with Crippen LogP contribution < -0.4 is 10.6 Å². The van der Waals surface area contributed by atoms with Crippen LogP contribution in [-0.2, 0) is 4.79 Å². The van der Waals surface area contributed by atoms with Gasteiger partial charge in [0.25, 0.3) is 0 Å². The Labute approximate surface area is 126 Å². The van der Waals surface area contributed by atoms with E-state index in [0.29, 0.717) is 11.6 Å². The van der Waals surface area contributed by atoms with E-state index in [1.165, 1.54) is 0 Å². The van der Waals surface area contributed by atoms with Gasteiger partial charge >= 0.3 is 0 Å². The van der Waals surface area contributed by atoms with E-state index >= 15 is 0 Å². The second-order valence-electron chi connectivity index (χ2n) is 4.01. The fourth-order valence-corrected chi connectivity index (χ4v) is 1.93. The molecule has 0 radical (unpaired) electrons. The van der Waals surface area contributed by atoms with Crippen LogP contribution in [0.2, 0.25) is 0 Å². The molecule has 0 aliphatic heterocycles. The van der Waals surface area contributed by atoms with E-state index in [4.69, 9.17) is 5.26 Å². The van der Waals surface area contributed by atoms with E-state index in [2.05, 4.69) is 20.6 Å². The SMILES string of the molecule is CSc1ccnc(Nc2ccc(NC(=O)CC#N)cc2)n1. The minimum atomic E-state index is -0.325. The van der Waals surface area contributed by atoms with Crippen molar-refractivity contribution in [2.24, 2.45) is 0 Å². The quantitative estimate of drug-likeness (QED) is 0.651. The summed E-state index contributed by atoms with van der Waals surface area (Å²) in [6.07, 6.45) is 3.48. The molecule has 21 heavy (non-hydrogen) atoms. The number of hydrogen-bond donors (Lipinski definition) is 2. The minimum Gasteiger partial charge on any atom is -0.325 e. The van der Waals surface area contributed by atoms with Gasteiger partial charge in [-0.15, -0.1) is 11.8 Å². The molecule has 1 amide bonds. The lowest BCUT2D eigenvalue weighted by atomic mass is 10.2. The zero-order valence-electron chi connectivity index (χ0n) is 11.3. The number of thioether (sulfide) groups is 1. The molecule has 0 atom stereocenters. The molecule has 6 nitrogen and oxygen atoms in total. The molecule has 1 aromatic carbocycles. The highest BCUT2D eigenvalue weighted by Gasteiger charge is 2.02. The molecule has 2 aromatic rings. The van der Waals surface area contributed by atoms with Crippen molar-refractivity contribution in [3.05, 3.63) is 36.5 Å². The van der Waals surface area contributed by atoms with E-state index in [1.807, 2.05) is 12.3 Å². The number of benzene rings is 1. The lowest BCUT2D eigenvalue weighted by molar-refractivity contribution is -0.115. The van der Waals surface area contributed by atoms with E-state index in [1.54, 1.807) is 48.3 Å². The first-order valence-corrected chi connectivity index (χ1v) is 7.34. The van der Waals surface area contributed by atoms with Gasteiger partial charge in [0.2, 0.25) is 11.9 Å². The number of nitrogens with one attached hydrogen (secondary N) is 2. The van der Waals surface area contributed by atoms with Crippen LogP contribution in [0.5, 0.6) is 0 Å². The number of rotatable bonds is 5. The van der Waals surface area contributed by atoms with E-state index in [9.17, 15) is 4.79 Å². The summed E-state index contributed by atoms with van der Waals surface area (Å²) in [6.45, 7) is 0. The molecule has 1 heterocycles. The van der Waals surface area contributed by atoms with Crippen molar-refractivity contribution in [1.29, 1.82) is 5.26 Å². The summed E-state index contributed by atoms with van der Waals surface area (Å²) >= 11 is 1.54. The zero-order valence-corrected chi connectivity index (χ0v) is 12.1. The summed E-state index contributed by atoms with van der Waals surface area (Å²) in [5, 5.41) is 15.0. The molecule has 1 aromatic heterocycles. The van der Waals surface area contributed by atoms with Crippen LogP contribution in [0, 0.1) is 11.3 Å². The second-order valence-corrected chi connectivity index (χ2v) is 4.83. The first-order valence-electron chi connectivity index (χ1n) is 6.12. The van der Waals surface area contributed by atoms with Crippen molar-refractivity contribution in [3.63, 3.8) is 0 Å². The van der Waals surface area contributed by atoms with Crippen LogP contribution >= 0.6 is 11.8 Å². The highest BCUT2D eigenvalue weighted by Crippen LogP contribution is 2.18. The molecule has 0 saturated carbocycles. The van der Waals surface area contributed by atoms with Crippen molar-refractivity contribution in [3.8, 4) is 6.07 Å². The number of carbonyl (C=O) groups excluding carboxylic acids is 1. The van der Waals surface area contributed by atoms with Crippen LogP contribution in [-0.4, -0.2) is 22.1 Å². The predicted octanol–water partition coefficient (Wildman–Crippen LogP) is 2.79. The number of nitrogens with zero attached hydrogens (tertiary/aromatic N) is 3. The van der Waals surface area contributed by atoms with Crippen molar-refractivity contribution in [2.45, 2.75) is 11.4 Å². The molecule has 0 aliphatic carbocycles. The summed E-state index contributed by atoms with van der Waals surface area (Å²) in [7, 11) is 0. The largest absolute Gasteiger partial charge is 0.325 e. The van der Waals surface area contributed by atoms with E-state index in [0.717, 1.165) is 10.7 Å². The monoisotopic (exact) mass is 299 g/mol. The maximum atomic E-state index is 11.3. The molecule has 0 saturated heterocycles. The Kier molecular flexibility index (Phi) is 5.12. The average Bonchev–Trinajstić information content (AvgIpc) is 2.50. The Morgan fingerprint density at radius 1 is 1.29 bits per heavy atom. The summed E-state index contributed by atoms with van der Waals surface area (Å²) in [4.78, 5) is 19.7. The van der Waals surface area contributed by atoms with Crippen molar-refractivity contribution in [2.75, 3.05) is 16.9 Å². The van der Waals surface area contributed by atoms with Crippen LogP contribution in [0.25, 0.3) is 0 Å². The van der Waals surface area contributed by atoms with Gasteiger partial charge in [-0.25, -0.2) is 9.97 Å². The number of nitriles is 1. The molecule has 0 bridgehead atoms. The molecule has 0 aliphatic rings. The Morgan fingerprint density at radius 2 is 2.00 bits per heavy atom. The van der Waals surface area contributed by atoms with Crippen LogP contribution in [0.3, 0.4) is 0 Å². The lowest BCUT2D eigenvalue weighted by Gasteiger charge is -2.07. The van der Waals surface area contributed by atoms with Gasteiger partial charge in [-0.2, -0.15) is 5.26 Å². The third-order valence-corrected chi connectivity index (χ3v) is 3.15. The third kappa shape index (κ3) is 4.47. The Bertz CT molecular complexity index is 666. The first-order chi connectivity index (χ1) is 10.2. The van der Waals surface area contributed by atoms with Gasteiger partial charge in [-0.05, 0) is 36.6 Å². The van der Waals surface area contributed by atoms with Gasteiger partial charge in [-0.3, -0.25) is 4.79 Å². The summed E-state index contributed by atoms with van der Waals surface area (Å²) in [5.74, 6) is 0.192. The predicted molar refractivity (Wildman–Crippen MR) is 82.4 cm³/mol. The smallest absolute Gasteiger partial charge is 0.238 e. The number of amides is 1. The van der Waals surface area contributed by atoms with Crippen molar-refractivity contribution < 1.29 is 4.79 Å². The second kappa shape index (κ2) is 7.26. The van der Waals surface area contributed by atoms with Crippen LogP contribution in [0.15, 0.2) is 41.6 Å². The lowest BCUT2D eigenvalue weighted by Crippen LogP contribution is -2.09. The molecular formula is C14H13N5OS. The maximum Gasteiger partial charge on any atom is 0.238 e. The minimum absolute atomic E-state index is 0.157. The normalized spacial score (nSPS) is 9.71. The number of carbonyl (C=O) groups is 1. The molecule has 106 valence electrons. The fourth-order valence-electron chi connectivity index (χ4n) is 1.56. The van der Waals surface area contributed by atoms with Gasteiger partial charge in [-0.1, -0.05) is 0 Å². The first kappa shape index (κ1) is 14.8. The van der Waals surface area contributed by atoms with Crippen molar-refractivity contribution in [1.82, 2.24) is 9.97 Å². The van der Waals surface area contributed by atoms with Gasteiger partial charge in [0.05, 0.1) is 6.07 Å². The highest BCUT2D eigenvalue weighted by atomic mass is 32.2. The number of anilines is 3. The molecule has 2 rings (SSSR count). The Balaban J connectivity index is 2.02. The topological polar surface area (TPSA) is 90.7 Å². The Hall–Kier alpha value is -2.59. The van der Waals surface area contributed by atoms with Gasteiger partial charge in [0, 0.05) is 17.6 Å². The van der Waals surface area contributed by atoms with Gasteiger partial charge in [0.1, 0.15) is 11.4 Å². The number of aromatic nitrogens is 2. The number of hydrogen-bond acceptors (Lipinski definition) is 6. The molecule has 0 spiro atoms. The standard InChI is InChI=1S/C14H13N5OS/c1-21-13-7-9-16-14(19-13)18-11-4-2-10(3-5-11)17-12(20)6-8-15/h2-5,7,9H,6H2,1H3,(H,17,20)(H,16,18,19). The summed E-state index contributed by atoms with van der Waals surface area (Å²) in [5.41, 5.74) is 1.45. The Morgan fingerprint density at radius 3 is 2.67 bits per heavy atom. The van der Waals surface area contributed by atoms with Gasteiger partial charge in [0.15, 0.2) is 0 Å². The highest BCUT2D eigenvalue weighted by molar-refractivity contribution is 7.98. The third-order valence-electron chi connectivity index (χ3n) is 2.50. The average molecular weight is 299 g/mol. The fraction of sp³-hybridized carbons (Fsp3) is 0.143. The molecule has 0 unspecified atom stereocenters. The van der Waals surface area contributed by atoms with Crippen LogP contribution in [0.1, 0.15) is 6.42 Å². The maximum absolute atomic E-state index is 11.3. The summed E-state index contributed by atoms with van der Waals surface area (Å²) < 4.78 is 0.